The fraction of sp³-hybridized carbons (Fsp3) is 0.316. The number of anilines is 1. The molecule has 1 amide bonds. The second-order valence-electron chi connectivity index (χ2n) is 6.36. The lowest BCUT2D eigenvalue weighted by Gasteiger charge is -2.34. The Labute approximate surface area is 164 Å². The molecule has 6 nitrogen and oxygen atoms in total. The van der Waals surface area contributed by atoms with Crippen molar-refractivity contribution >= 4 is 33.2 Å². The van der Waals surface area contributed by atoms with Gasteiger partial charge in [-0.1, -0.05) is 48.0 Å². The number of carbonyl (C=O) groups is 1. The number of ether oxygens (including phenoxy) is 1. The van der Waals surface area contributed by atoms with Crippen LogP contribution in [-0.2, 0) is 19.6 Å². The van der Waals surface area contributed by atoms with Crippen LogP contribution in [0.3, 0.4) is 0 Å². The summed E-state index contributed by atoms with van der Waals surface area (Å²) < 4.78 is 31.3. The average Bonchev–Trinajstić information content (AvgIpc) is 2.66. The van der Waals surface area contributed by atoms with Crippen molar-refractivity contribution in [2.24, 2.45) is 0 Å². The summed E-state index contributed by atoms with van der Waals surface area (Å²) in [6.45, 7) is 0.938. The zero-order valence-electron chi connectivity index (χ0n) is 14.9. The minimum absolute atomic E-state index is 0.221. The Morgan fingerprint density at radius 2 is 1.96 bits per heavy atom. The van der Waals surface area contributed by atoms with Crippen molar-refractivity contribution in [1.29, 1.82) is 0 Å². The molecule has 3 rings (SSSR count). The van der Waals surface area contributed by atoms with Crippen LogP contribution in [0.25, 0.3) is 0 Å². The van der Waals surface area contributed by atoms with E-state index in [1.165, 1.54) is 6.07 Å². The molecular weight excluding hydrogens is 388 g/mol. The second kappa shape index (κ2) is 8.29. The van der Waals surface area contributed by atoms with E-state index in [-0.39, 0.29) is 18.6 Å². The van der Waals surface area contributed by atoms with Gasteiger partial charge in [0.25, 0.3) is 0 Å². The lowest BCUT2D eigenvalue weighted by Crippen LogP contribution is -2.47. The molecule has 0 saturated carbocycles. The van der Waals surface area contributed by atoms with Gasteiger partial charge in [0.1, 0.15) is 12.6 Å². The molecule has 1 aliphatic heterocycles. The van der Waals surface area contributed by atoms with Crippen molar-refractivity contribution < 1.29 is 17.9 Å². The SMILES string of the molecule is CS(=O)(=O)N(CC(=O)N1CCO[C@@H](c2ccccc2)C1)c1cccc(Cl)c1. The van der Waals surface area contributed by atoms with Gasteiger partial charge in [-0.05, 0) is 23.8 Å². The minimum atomic E-state index is -3.64. The van der Waals surface area contributed by atoms with Crippen LogP contribution >= 0.6 is 11.6 Å². The van der Waals surface area contributed by atoms with Crippen LogP contribution in [0, 0.1) is 0 Å². The number of halogens is 1. The Hall–Kier alpha value is -2.09. The van der Waals surface area contributed by atoms with E-state index in [0.717, 1.165) is 16.1 Å². The normalized spacial score (nSPS) is 17.6. The number of rotatable bonds is 5. The molecule has 2 aromatic rings. The molecule has 1 atom stereocenters. The first kappa shape index (κ1) is 19.7. The molecule has 144 valence electrons. The molecule has 0 aliphatic carbocycles. The Morgan fingerprint density at radius 1 is 1.22 bits per heavy atom. The molecule has 8 heteroatoms. The van der Waals surface area contributed by atoms with Gasteiger partial charge in [0.05, 0.1) is 25.1 Å². The second-order valence-corrected chi connectivity index (χ2v) is 8.70. The Bertz CT molecular complexity index is 905. The highest BCUT2D eigenvalue weighted by molar-refractivity contribution is 7.92. The van der Waals surface area contributed by atoms with Crippen LogP contribution in [-0.4, -0.2) is 51.7 Å². The van der Waals surface area contributed by atoms with E-state index in [1.807, 2.05) is 30.3 Å². The third-order valence-electron chi connectivity index (χ3n) is 4.37. The fourth-order valence-corrected chi connectivity index (χ4v) is 4.03. The molecule has 0 unspecified atom stereocenters. The van der Waals surface area contributed by atoms with Gasteiger partial charge in [0, 0.05) is 11.6 Å². The molecule has 1 fully saturated rings. The quantitative estimate of drug-likeness (QED) is 0.762. The van der Waals surface area contributed by atoms with Crippen LogP contribution < -0.4 is 4.31 Å². The number of hydrogen-bond acceptors (Lipinski definition) is 4. The summed E-state index contributed by atoms with van der Waals surface area (Å²) in [5.41, 5.74) is 1.36. The summed E-state index contributed by atoms with van der Waals surface area (Å²) in [5.74, 6) is -0.273. The van der Waals surface area contributed by atoms with Gasteiger partial charge in [-0.2, -0.15) is 0 Å². The first-order valence-electron chi connectivity index (χ1n) is 8.52. The van der Waals surface area contributed by atoms with Crippen LogP contribution in [0.5, 0.6) is 0 Å². The van der Waals surface area contributed by atoms with Gasteiger partial charge in [-0.15, -0.1) is 0 Å². The predicted molar refractivity (Wildman–Crippen MR) is 105 cm³/mol. The topological polar surface area (TPSA) is 66.9 Å². The van der Waals surface area contributed by atoms with Crippen molar-refractivity contribution in [3.05, 3.63) is 65.2 Å². The van der Waals surface area contributed by atoms with E-state index in [9.17, 15) is 13.2 Å². The van der Waals surface area contributed by atoms with E-state index in [1.54, 1.807) is 23.1 Å². The Kier molecular flexibility index (Phi) is 6.04. The van der Waals surface area contributed by atoms with Crippen LogP contribution in [0.4, 0.5) is 5.69 Å². The smallest absolute Gasteiger partial charge is 0.243 e. The van der Waals surface area contributed by atoms with Crippen LogP contribution in [0.15, 0.2) is 54.6 Å². The van der Waals surface area contributed by atoms with E-state index in [4.69, 9.17) is 16.3 Å². The minimum Gasteiger partial charge on any atom is -0.370 e. The van der Waals surface area contributed by atoms with Gasteiger partial charge in [0.2, 0.25) is 15.9 Å². The predicted octanol–water partition coefficient (Wildman–Crippen LogP) is 2.71. The number of hydrogen-bond donors (Lipinski definition) is 0. The lowest BCUT2D eigenvalue weighted by atomic mass is 10.1. The number of morpholine rings is 1. The standard InChI is InChI=1S/C19H21ClN2O4S/c1-27(24,25)22(17-9-5-8-16(20)12-17)14-19(23)21-10-11-26-18(13-21)15-6-3-2-4-7-15/h2-9,12,18H,10-11,13-14H2,1H3/t18-/m1/s1. The zero-order valence-corrected chi connectivity index (χ0v) is 16.5. The fourth-order valence-electron chi connectivity index (χ4n) is 3.00. The maximum Gasteiger partial charge on any atom is 0.243 e. The highest BCUT2D eigenvalue weighted by atomic mass is 35.5. The number of amides is 1. The zero-order chi connectivity index (χ0) is 19.4. The third kappa shape index (κ3) is 5.00. The number of benzene rings is 2. The maximum absolute atomic E-state index is 12.8. The molecule has 0 aromatic heterocycles. The lowest BCUT2D eigenvalue weighted by molar-refractivity contribution is -0.137. The number of nitrogens with zero attached hydrogens (tertiary/aromatic N) is 2. The van der Waals surface area contributed by atoms with Crippen molar-refractivity contribution in [2.75, 3.05) is 36.8 Å². The summed E-state index contributed by atoms with van der Waals surface area (Å²) in [4.78, 5) is 14.5. The van der Waals surface area contributed by atoms with Crippen molar-refractivity contribution in [2.45, 2.75) is 6.10 Å². The van der Waals surface area contributed by atoms with Crippen molar-refractivity contribution in [3.63, 3.8) is 0 Å². The molecular formula is C19H21ClN2O4S. The summed E-state index contributed by atoms with van der Waals surface area (Å²) in [7, 11) is -3.64. The summed E-state index contributed by atoms with van der Waals surface area (Å²) in [6.07, 6.45) is 0.856. The first-order valence-corrected chi connectivity index (χ1v) is 10.7. The van der Waals surface area contributed by atoms with Gasteiger partial charge in [-0.3, -0.25) is 9.10 Å². The van der Waals surface area contributed by atoms with E-state index >= 15 is 0 Å². The van der Waals surface area contributed by atoms with E-state index in [0.29, 0.717) is 30.4 Å². The monoisotopic (exact) mass is 408 g/mol. The van der Waals surface area contributed by atoms with E-state index < -0.39 is 10.0 Å². The molecule has 0 spiro atoms. The largest absolute Gasteiger partial charge is 0.370 e. The Balaban J connectivity index is 1.75. The van der Waals surface area contributed by atoms with Crippen molar-refractivity contribution in [3.8, 4) is 0 Å². The number of carbonyl (C=O) groups excluding carboxylic acids is 1. The van der Waals surface area contributed by atoms with Gasteiger partial charge in [-0.25, -0.2) is 8.42 Å². The molecule has 2 aromatic carbocycles. The van der Waals surface area contributed by atoms with Gasteiger partial charge >= 0.3 is 0 Å². The molecule has 0 N–H and O–H groups in total. The number of sulfonamides is 1. The highest BCUT2D eigenvalue weighted by Gasteiger charge is 2.29. The highest BCUT2D eigenvalue weighted by Crippen LogP contribution is 2.24. The maximum atomic E-state index is 12.8. The molecule has 1 saturated heterocycles. The summed E-state index contributed by atoms with van der Waals surface area (Å²) >= 11 is 5.98. The van der Waals surface area contributed by atoms with Crippen LogP contribution in [0.2, 0.25) is 5.02 Å². The summed E-state index contributed by atoms with van der Waals surface area (Å²) in [6, 6.07) is 16.1. The van der Waals surface area contributed by atoms with Crippen LogP contribution in [0.1, 0.15) is 11.7 Å². The first-order chi connectivity index (χ1) is 12.8. The Morgan fingerprint density at radius 3 is 2.63 bits per heavy atom. The third-order valence-corrected chi connectivity index (χ3v) is 5.74. The molecule has 27 heavy (non-hydrogen) atoms. The summed E-state index contributed by atoms with van der Waals surface area (Å²) in [5, 5.41) is 0.407. The molecule has 1 aliphatic rings. The molecule has 1 heterocycles. The van der Waals surface area contributed by atoms with Gasteiger partial charge in [0.15, 0.2) is 0 Å². The molecule has 0 bridgehead atoms. The van der Waals surface area contributed by atoms with Gasteiger partial charge < -0.3 is 9.64 Å². The van der Waals surface area contributed by atoms with Crippen molar-refractivity contribution in [1.82, 2.24) is 4.90 Å². The average molecular weight is 409 g/mol. The molecule has 0 radical (unpaired) electrons. The van der Waals surface area contributed by atoms with E-state index in [2.05, 4.69) is 0 Å².